The van der Waals surface area contributed by atoms with Crippen molar-refractivity contribution in [2.45, 2.75) is 44.6 Å². The minimum Gasteiger partial charge on any atom is -0.317 e. The highest BCUT2D eigenvalue weighted by Crippen LogP contribution is 2.23. The third-order valence-corrected chi connectivity index (χ3v) is 4.17. The number of hydrogen-bond donors (Lipinski definition) is 2. The monoisotopic (exact) mass is 225 g/mol. The summed E-state index contributed by atoms with van der Waals surface area (Å²) in [6.07, 6.45) is 6.52. The molecule has 0 aliphatic carbocycles. The van der Waals surface area contributed by atoms with Crippen LogP contribution in [0.2, 0.25) is 0 Å². The zero-order valence-corrected chi connectivity index (χ0v) is 10.2. The Kier molecular flexibility index (Phi) is 5.07. The van der Waals surface area contributed by atoms with Gasteiger partial charge in [0.05, 0.1) is 6.10 Å². The maximum atomic E-state index is 12.0. The van der Waals surface area contributed by atoms with Gasteiger partial charge < -0.3 is 10.6 Å². The molecule has 0 aromatic rings. The van der Waals surface area contributed by atoms with Gasteiger partial charge in [-0.05, 0) is 70.1 Å². The van der Waals surface area contributed by atoms with Crippen LogP contribution in [0.4, 0.5) is 0 Å². The molecular formula is C13H25N2O. The standard InChI is InChI=1S/C13H25N2O/c16-13(12-5-8-14-9-6-12)3-1-2-11-4-7-15-10-11/h11-15H,1-10H2. The molecule has 16 heavy (non-hydrogen) atoms. The lowest BCUT2D eigenvalue weighted by atomic mass is 9.88. The van der Waals surface area contributed by atoms with Crippen molar-refractivity contribution in [3.8, 4) is 0 Å². The summed E-state index contributed by atoms with van der Waals surface area (Å²) >= 11 is 0. The molecule has 0 aromatic carbocycles. The van der Waals surface area contributed by atoms with Crippen LogP contribution in [0, 0.1) is 11.8 Å². The molecule has 0 amide bonds. The number of nitrogens with one attached hydrogen (secondary N) is 2. The predicted molar refractivity (Wildman–Crippen MR) is 64.9 cm³/mol. The van der Waals surface area contributed by atoms with Crippen LogP contribution in [-0.2, 0) is 5.11 Å². The first-order valence-electron chi connectivity index (χ1n) is 6.93. The minimum absolute atomic E-state index is 0.295. The Morgan fingerprint density at radius 3 is 2.50 bits per heavy atom. The third-order valence-electron chi connectivity index (χ3n) is 4.17. The Morgan fingerprint density at radius 1 is 1.06 bits per heavy atom. The molecule has 2 aliphatic rings. The van der Waals surface area contributed by atoms with Gasteiger partial charge in [-0.15, -0.1) is 0 Å². The first-order chi connectivity index (χ1) is 7.86. The van der Waals surface area contributed by atoms with Crippen LogP contribution in [-0.4, -0.2) is 32.3 Å². The van der Waals surface area contributed by atoms with Crippen LogP contribution in [0.15, 0.2) is 0 Å². The van der Waals surface area contributed by atoms with E-state index in [4.69, 9.17) is 0 Å². The van der Waals surface area contributed by atoms with E-state index < -0.39 is 0 Å². The van der Waals surface area contributed by atoms with E-state index in [2.05, 4.69) is 10.6 Å². The van der Waals surface area contributed by atoms with Crippen LogP contribution in [0.1, 0.15) is 38.5 Å². The second kappa shape index (κ2) is 6.58. The zero-order valence-electron chi connectivity index (χ0n) is 10.2. The lowest BCUT2D eigenvalue weighted by Gasteiger charge is -2.26. The number of hydrogen-bond acceptors (Lipinski definition) is 2. The van der Waals surface area contributed by atoms with Gasteiger partial charge in [0.2, 0.25) is 0 Å². The van der Waals surface area contributed by atoms with E-state index in [-0.39, 0.29) is 6.10 Å². The molecule has 2 fully saturated rings. The summed E-state index contributed by atoms with van der Waals surface area (Å²) in [5.41, 5.74) is 0. The zero-order chi connectivity index (χ0) is 11.2. The lowest BCUT2D eigenvalue weighted by Crippen LogP contribution is -2.33. The minimum atomic E-state index is -0.295. The van der Waals surface area contributed by atoms with Crippen LogP contribution in [0.5, 0.6) is 0 Å². The highest BCUT2D eigenvalue weighted by molar-refractivity contribution is 4.76. The smallest absolute Gasteiger partial charge is 0.0959 e. The van der Waals surface area contributed by atoms with Crippen molar-refractivity contribution >= 4 is 0 Å². The average molecular weight is 225 g/mol. The molecule has 2 heterocycles. The highest BCUT2D eigenvalue weighted by atomic mass is 16.3. The van der Waals surface area contributed by atoms with E-state index in [9.17, 15) is 5.11 Å². The molecule has 0 aromatic heterocycles. The molecule has 1 radical (unpaired) electrons. The van der Waals surface area contributed by atoms with Crippen molar-refractivity contribution in [3.05, 3.63) is 0 Å². The van der Waals surface area contributed by atoms with Crippen molar-refractivity contribution in [1.82, 2.24) is 10.6 Å². The van der Waals surface area contributed by atoms with Crippen molar-refractivity contribution < 1.29 is 5.11 Å². The molecule has 0 saturated carbocycles. The Labute approximate surface area is 99.0 Å². The fourth-order valence-electron chi connectivity index (χ4n) is 3.02. The van der Waals surface area contributed by atoms with Gasteiger partial charge >= 0.3 is 0 Å². The van der Waals surface area contributed by atoms with Gasteiger partial charge in [-0.2, -0.15) is 0 Å². The van der Waals surface area contributed by atoms with E-state index in [1.807, 2.05) is 0 Å². The first kappa shape index (κ1) is 12.3. The van der Waals surface area contributed by atoms with E-state index in [0.717, 1.165) is 44.7 Å². The van der Waals surface area contributed by atoms with Gasteiger partial charge in [-0.3, -0.25) is 0 Å². The molecule has 2 aliphatic heterocycles. The van der Waals surface area contributed by atoms with Crippen molar-refractivity contribution in [1.29, 1.82) is 0 Å². The Hall–Kier alpha value is -0.120. The second-order valence-electron chi connectivity index (χ2n) is 5.42. The quantitative estimate of drug-likeness (QED) is 0.746. The molecule has 2 saturated heterocycles. The molecule has 2 rings (SSSR count). The lowest BCUT2D eigenvalue weighted by molar-refractivity contribution is 0.0155. The topological polar surface area (TPSA) is 44.0 Å². The van der Waals surface area contributed by atoms with Crippen LogP contribution >= 0.6 is 0 Å². The summed E-state index contributed by atoms with van der Waals surface area (Å²) in [4.78, 5) is 0. The summed E-state index contributed by atoms with van der Waals surface area (Å²) in [5, 5.41) is 18.7. The van der Waals surface area contributed by atoms with Crippen molar-refractivity contribution in [3.63, 3.8) is 0 Å². The summed E-state index contributed by atoms with van der Waals surface area (Å²) in [6.45, 7) is 4.46. The highest BCUT2D eigenvalue weighted by Gasteiger charge is 2.23. The molecule has 2 unspecified atom stereocenters. The Bertz CT molecular complexity index is 186. The summed E-state index contributed by atoms with van der Waals surface area (Å²) < 4.78 is 0. The van der Waals surface area contributed by atoms with E-state index in [0.29, 0.717) is 5.92 Å². The third kappa shape index (κ3) is 3.72. The fourth-order valence-corrected chi connectivity index (χ4v) is 3.02. The molecule has 0 spiro atoms. The van der Waals surface area contributed by atoms with Gasteiger partial charge in [-0.1, -0.05) is 6.42 Å². The average Bonchev–Trinajstić information content (AvgIpc) is 2.83. The van der Waals surface area contributed by atoms with Gasteiger partial charge in [-0.25, -0.2) is 5.11 Å². The van der Waals surface area contributed by atoms with Gasteiger partial charge in [0, 0.05) is 0 Å². The van der Waals surface area contributed by atoms with E-state index in [1.54, 1.807) is 0 Å². The van der Waals surface area contributed by atoms with Crippen molar-refractivity contribution in [2.75, 3.05) is 26.2 Å². The second-order valence-corrected chi connectivity index (χ2v) is 5.42. The number of rotatable bonds is 5. The molecular weight excluding hydrogens is 200 g/mol. The Balaban J connectivity index is 1.57. The van der Waals surface area contributed by atoms with Crippen molar-refractivity contribution in [2.24, 2.45) is 11.8 Å². The van der Waals surface area contributed by atoms with Gasteiger partial charge in [0.25, 0.3) is 0 Å². The molecule has 3 heteroatoms. The maximum Gasteiger partial charge on any atom is 0.0959 e. The fraction of sp³-hybridized carbons (Fsp3) is 1.00. The van der Waals surface area contributed by atoms with Crippen LogP contribution < -0.4 is 10.6 Å². The van der Waals surface area contributed by atoms with Gasteiger partial charge in [0.1, 0.15) is 0 Å². The van der Waals surface area contributed by atoms with Crippen LogP contribution in [0.25, 0.3) is 0 Å². The molecule has 2 N–H and O–H groups in total. The van der Waals surface area contributed by atoms with Crippen LogP contribution in [0.3, 0.4) is 0 Å². The summed E-state index contributed by atoms with van der Waals surface area (Å²) in [5.74, 6) is 1.29. The molecule has 2 atom stereocenters. The largest absolute Gasteiger partial charge is 0.317 e. The summed E-state index contributed by atoms with van der Waals surface area (Å²) in [6, 6.07) is 0. The molecule has 0 bridgehead atoms. The van der Waals surface area contributed by atoms with Gasteiger partial charge in [0.15, 0.2) is 0 Å². The molecule has 93 valence electrons. The normalized spacial score (nSPS) is 29.4. The van der Waals surface area contributed by atoms with E-state index >= 15 is 0 Å². The summed E-state index contributed by atoms with van der Waals surface area (Å²) in [7, 11) is 0. The number of piperidine rings is 1. The SMILES string of the molecule is [O]C(CCCC1CCNC1)C1CCNCC1. The Morgan fingerprint density at radius 2 is 1.81 bits per heavy atom. The predicted octanol–water partition coefficient (Wildman–Crippen LogP) is 1.56. The molecule has 3 nitrogen and oxygen atoms in total. The first-order valence-corrected chi connectivity index (χ1v) is 6.93. The maximum absolute atomic E-state index is 12.0. The van der Waals surface area contributed by atoms with E-state index in [1.165, 1.54) is 25.9 Å².